The molecule has 1 aromatic heterocycles. The Bertz CT molecular complexity index is 559. The first-order valence-corrected chi connectivity index (χ1v) is 6.57. The molecule has 18 heavy (non-hydrogen) atoms. The second-order valence-corrected chi connectivity index (χ2v) is 4.47. The topological polar surface area (TPSA) is 82.7 Å². The minimum Gasteiger partial charge on any atom is -0.308 e. The minimum atomic E-state index is -0.416. The molecule has 2 amide bonds. The predicted octanol–water partition coefficient (Wildman–Crippen LogP) is 2.82. The maximum atomic E-state index is 11.6. The van der Waals surface area contributed by atoms with E-state index in [2.05, 4.69) is 25.8 Å². The lowest BCUT2D eigenvalue weighted by Gasteiger charge is -2.05. The molecule has 0 spiro atoms. The lowest BCUT2D eigenvalue weighted by atomic mass is 10.3. The largest absolute Gasteiger partial charge is 0.326 e. The van der Waals surface area contributed by atoms with Crippen molar-refractivity contribution in [3.8, 4) is 0 Å². The molecule has 0 aliphatic heterocycles. The smallest absolute Gasteiger partial charge is 0.308 e. The summed E-state index contributed by atoms with van der Waals surface area (Å²) in [5.41, 5.74) is 0.601. The van der Waals surface area contributed by atoms with Crippen molar-refractivity contribution in [2.45, 2.75) is 5.16 Å². The van der Waals surface area contributed by atoms with Crippen LogP contribution in [0.2, 0.25) is 5.02 Å². The summed E-state index contributed by atoms with van der Waals surface area (Å²) in [6.07, 6.45) is 1.85. The third-order valence-electron chi connectivity index (χ3n) is 1.96. The molecule has 0 aliphatic carbocycles. The second kappa shape index (κ2) is 5.74. The molecule has 8 heteroatoms. The van der Waals surface area contributed by atoms with Gasteiger partial charge in [0, 0.05) is 10.7 Å². The summed E-state index contributed by atoms with van der Waals surface area (Å²) < 4.78 is 0. The van der Waals surface area contributed by atoms with Crippen LogP contribution in [0.5, 0.6) is 0 Å². The molecular weight excluding hydrogens is 274 g/mol. The summed E-state index contributed by atoms with van der Waals surface area (Å²) in [6, 6.07) is 6.44. The molecule has 94 valence electrons. The van der Waals surface area contributed by atoms with Crippen molar-refractivity contribution in [3.05, 3.63) is 29.3 Å². The summed E-state index contributed by atoms with van der Waals surface area (Å²) in [4.78, 5) is 15.7. The van der Waals surface area contributed by atoms with Crippen LogP contribution < -0.4 is 10.6 Å². The Kier molecular flexibility index (Phi) is 4.06. The van der Waals surface area contributed by atoms with Crippen LogP contribution in [0.3, 0.4) is 0 Å². The summed E-state index contributed by atoms with van der Waals surface area (Å²) >= 11 is 7.19. The zero-order valence-electron chi connectivity index (χ0n) is 9.40. The molecule has 2 aromatic rings. The first-order valence-electron chi connectivity index (χ1n) is 4.97. The van der Waals surface area contributed by atoms with E-state index >= 15 is 0 Å². The highest BCUT2D eigenvalue weighted by atomic mass is 35.5. The van der Waals surface area contributed by atoms with Gasteiger partial charge in [0.1, 0.15) is 0 Å². The van der Waals surface area contributed by atoms with Gasteiger partial charge in [0.05, 0.1) is 0 Å². The van der Waals surface area contributed by atoms with Crippen molar-refractivity contribution >= 4 is 41.0 Å². The molecule has 0 aliphatic rings. The molecule has 2 rings (SSSR count). The van der Waals surface area contributed by atoms with Gasteiger partial charge in [0.15, 0.2) is 0 Å². The Morgan fingerprint density at radius 3 is 2.94 bits per heavy atom. The summed E-state index contributed by atoms with van der Waals surface area (Å²) in [5, 5.41) is 12.8. The quantitative estimate of drug-likeness (QED) is 0.757. The number of amides is 2. The second-order valence-electron chi connectivity index (χ2n) is 3.26. The Balaban J connectivity index is 1.96. The van der Waals surface area contributed by atoms with Crippen molar-refractivity contribution in [2.75, 3.05) is 16.9 Å². The van der Waals surface area contributed by atoms with Gasteiger partial charge in [-0.25, -0.2) is 9.89 Å². The normalized spacial score (nSPS) is 10.1. The van der Waals surface area contributed by atoms with Crippen molar-refractivity contribution in [1.29, 1.82) is 0 Å². The van der Waals surface area contributed by atoms with E-state index in [9.17, 15) is 4.79 Å². The molecule has 0 bridgehead atoms. The molecule has 0 radical (unpaired) electrons. The van der Waals surface area contributed by atoms with Crippen LogP contribution in [-0.2, 0) is 0 Å². The average molecular weight is 284 g/mol. The van der Waals surface area contributed by atoms with Crippen LogP contribution in [0.25, 0.3) is 0 Å². The maximum absolute atomic E-state index is 11.6. The van der Waals surface area contributed by atoms with Crippen LogP contribution in [0.15, 0.2) is 29.4 Å². The number of thioether (sulfide) groups is 1. The molecule has 0 atom stereocenters. The zero-order valence-corrected chi connectivity index (χ0v) is 11.0. The fraction of sp³-hybridized carbons (Fsp3) is 0.100. The molecule has 1 heterocycles. The van der Waals surface area contributed by atoms with Crippen LogP contribution in [-0.4, -0.2) is 27.5 Å². The number of carbonyl (C=O) groups excluding carboxylic acids is 1. The molecular formula is C10H10ClN5OS. The number of hydrogen-bond acceptors (Lipinski definition) is 4. The zero-order chi connectivity index (χ0) is 13.0. The lowest BCUT2D eigenvalue weighted by molar-refractivity contribution is 0.262. The number of benzene rings is 1. The maximum Gasteiger partial charge on any atom is 0.326 e. The van der Waals surface area contributed by atoms with Gasteiger partial charge >= 0.3 is 6.03 Å². The number of nitrogens with zero attached hydrogens (tertiary/aromatic N) is 2. The summed E-state index contributed by atoms with van der Waals surface area (Å²) in [6.45, 7) is 0. The van der Waals surface area contributed by atoms with E-state index < -0.39 is 6.03 Å². The number of urea groups is 1. The van der Waals surface area contributed by atoms with E-state index in [1.807, 2.05) is 6.26 Å². The van der Waals surface area contributed by atoms with Gasteiger partial charge in [-0.2, -0.15) is 4.98 Å². The molecule has 6 nitrogen and oxygen atoms in total. The van der Waals surface area contributed by atoms with E-state index in [1.54, 1.807) is 24.3 Å². The van der Waals surface area contributed by atoms with Gasteiger partial charge in [-0.05, 0) is 24.5 Å². The number of nitrogens with one attached hydrogen (secondary N) is 3. The Morgan fingerprint density at radius 1 is 1.44 bits per heavy atom. The van der Waals surface area contributed by atoms with Gasteiger partial charge in [-0.15, -0.1) is 5.10 Å². The van der Waals surface area contributed by atoms with Crippen LogP contribution in [0.4, 0.5) is 16.4 Å². The van der Waals surface area contributed by atoms with Crippen molar-refractivity contribution in [3.63, 3.8) is 0 Å². The van der Waals surface area contributed by atoms with Gasteiger partial charge in [-0.1, -0.05) is 29.4 Å². The van der Waals surface area contributed by atoms with Gasteiger partial charge in [0.25, 0.3) is 0 Å². The van der Waals surface area contributed by atoms with Crippen LogP contribution in [0, 0.1) is 0 Å². The SMILES string of the molecule is CSc1n[nH]c(NC(=O)Nc2cccc(Cl)c2)n1. The van der Waals surface area contributed by atoms with Gasteiger partial charge < -0.3 is 5.32 Å². The molecule has 0 fully saturated rings. The highest BCUT2D eigenvalue weighted by molar-refractivity contribution is 7.98. The monoisotopic (exact) mass is 283 g/mol. The number of aromatic nitrogens is 3. The van der Waals surface area contributed by atoms with Crippen molar-refractivity contribution in [2.24, 2.45) is 0 Å². The number of rotatable bonds is 3. The number of hydrogen-bond donors (Lipinski definition) is 3. The first kappa shape index (κ1) is 12.7. The average Bonchev–Trinajstić information content (AvgIpc) is 2.76. The van der Waals surface area contributed by atoms with E-state index in [1.165, 1.54) is 11.8 Å². The van der Waals surface area contributed by atoms with Gasteiger partial charge in [-0.3, -0.25) is 5.32 Å². The van der Waals surface area contributed by atoms with Crippen LogP contribution >= 0.6 is 23.4 Å². The molecule has 0 saturated heterocycles. The summed E-state index contributed by atoms with van der Waals surface area (Å²) in [5.74, 6) is 0.291. The minimum absolute atomic E-state index is 0.291. The predicted molar refractivity (Wildman–Crippen MR) is 72.3 cm³/mol. The standard InChI is InChI=1S/C10H10ClN5OS/c1-18-10-14-8(15-16-10)13-9(17)12-7-4-2-3-6(11)5-7/h2-5H,1H3,(H3,12,13,14,15,16,17). The summed E-state index contributed by atoms with van der Waals surface area (Å²) in [7, 11) is 0. The Labute approximate surface area is 113 Å². The van der Waals surface area contributed by atoms with E-state index in [0.29, 0.717) is 21.8 Å². The highest BCUT2D eigenvalue weighted by Crippen LogP contribution is 2.15. The molecule has 0 unspecified atom stereocenters. The fourth-order valence-electron chi connectivity index (χ4n) is 1.23. The Hall–Kier alpha value is -1.73. The molecule has 1 aromatic carbocycles. The van der Waals surface area contributed by atoms with Crippen LogP contribution in [0.1, 0.15) is 0 Å². The number of carbonyl (C=O) groups is 1. The van der Waals surface area contributed by atoms with Crippen molar-refractivity contribution in [1.82, 2.24) is 15.2 Å². The fourth-order valence-corrected chi connectivity index (χ4v) is 1.74. The third-order valence-corrected chi connectivity index (χ3v) is 2.74. The Morgan fingerprint density at radius 2 is 2.28 bits per heavy atom. The molecule has 3 N–H and O–H groups in total. The first-order chi connectivity index (χ1) is 8.67. The number of halogens is 1. The highest BCUT2D eigenvalue weighted by Gasteiger charge is 2.06. The van der Waals surface area contributed by atoms with E-state index in [0.717, 1.165) is 0 Å². The lowest BCUT2D eigenvalue weighted by Crippen LogP contribution is -2.20. The number of anilines is 2. The van der Waals surface area contributed by atoms with E-state index in [4.69, 9.17) is 11.6 Å². The van der Waals surface area contributed by atoms with Crippen molar-refractivity contribution < 1.29 is 4.79 Å². The van der Waals surface area contributed by atoms with E-state index in [-0.39, 0.29) is 0 Å². The third kappa shape index (κ3) is 3.38. The molecule has 0 saturated carbocycles. The van der Waals surface area contributed by atoms with Gasteiger partial charge in [0.2, 0.25) is 11.1 Å². The number of aromatic amines is 1. The number of H-pyrrole nitrogens is 1.